The lowest BCUT2D eigenvalue weighted by Crippen LogP contribution is -2.37. The van der Waals surface area contributed by atoms with Crippen molar-refractivity contribution >= 4 is 29.5 Å². The number of hydrogen-bond donors (Lipinski definition) is 3. The lowest BCUT2D eigenvalue weighted by molar-refractivity contribution is -0.130. The van der Waals surface area contributed by atoms with Gasteiger partial charge in [0.1, 0.15) is 12.1 Å². The molecule has 3 rings (SSSR count). The number of likely N-dealkylation sites (tertiary alicyclic amines) is 1. The van der Waals surface area contributed by atoms with E-state index >= 15 is 0 Å². The smallest absolute Gasteiger partial charge is 0.408 e. The van der Waals surface area contributed by atoms with Crippen LogP contribution in [0.4, 0.5) is 10.5 Å². The molecule has 2 aromatic carbocycles. The van der Waals surface area contributed by atoms with Gasteiger partial charge in [-0.1, -0.05) is 42.5 Å². The van der Waals surface area contributed by atoms with Crippen molar-refractivity contribution in [1.29, 1.82) is 0 Å². The topological polar surface area (TPSA) is 117 Å². The van der Waals surface area contributed by atoms with Crippen molar-refractivity contribution in [2.45, 2.75) is 52.3 Å². The van der Waals surface area contributed by atoms with Crippen LogP contribution in [0, 0.1) is 5.92 Å². The van der Waals surface area contributed by atoms with Gasteiger partial charge in [0, 0.05) is 25.2 Å². The maximum absolute atomic E-state index is 12.8. The van der Waals surface area contributed by atoms with Crippen LogP contribution in [-0.4, -0.2) is 47.4 Å². The third-order valence-corrected chi connectivity index (χ3v) is 5.75. The number of anilines is 1. The maximum atomic E-state index is 12.8. The normalized spacial score (nSPS) is 16.3. The molecule has 1 fully saturated rings. The molecule has 2 unspecified atom stereocenters. The molecular formula is C27H34N4O5. The zero-order valence-electron chi connectivity index (χ0n) is 21.2. The third-order valence-electron chi connectivity index (χ3n) is 5.75. The summed E-state index contributed by atoms with van der Waals surface area (Å²) in [6.07, 6.45) is -0.486. The van der Waals surface area contributed by atoms with E-state index in [9.17, 15) is 19.2 Å². The van der Waals surface area contributed by atoms with Crippen molar-refractivity contribution in [2.75, 3.05) is 18.4 Å². The van der Waals surface area contributed by atoms with Crippen LogP contribution >= 0.6 is 0 Å². The number of alkyl carbamates (subject to hydrolysis) is 1. The number of amides is 4. The Kier molecular flexibility index (Phi) is 8.68. The second kappa shape index (κ2) is 11.7. The zero-order valence-corrected chi connectivity index (χ0v) is 21.2. The van der Waals surface area contributed by atoms with E-state index in [4.69, 9.17) is 4.74 Å². The predicted octanol–water partition coefficient (Wildman–Crippen LogP) is 3.38. The van der Waals surface area contributed by atoms with E-state index < -0.39 is 23.5 Å². The molecular weight excluding hydrogens is 460 g/mol. The average Bonchev–Trinajstić information content (AvgIpc) is 3.22. The van der Waals surface area contributed by atoms with Gasteiger partial charge in [0.2, 0.25) is 17.7 Å². The van der Waals surface area contributed by atoms with E-state index in [1.165, 1.54) is 0 Å². The molecule has 2 atom stereocenters. The van der Waals surface area contributed by atoms with Gasteiger partial charge in [-0.15, -0.1) is 0 Å². The molecule has 1 saturated heterocycles. The van der Waals surface area contributed by atoms with Gasteiger partial charge in [0.05, 0.1) is 12.0 Å². The van der Waals surface area contributed by atoms with E-state index in [2.05, 4.69) is 16.0 Å². The van der Waals surface area contributed by atoms with Crippen LogP contribution in [0.1, 0.15) is 51.3 Å². The monoisotopic (exact) mass is 494 g/mol. The highest BCUT2D eigenvalue weighted by Gasteiger charge is 2.36. The third kappa shape index (κ3) is 7.83. The SMILES string of the molecule is CC(c1ccccc1)N1CC(C(=O)NCc2cccc(NC(=O)CNC(=O)OC(C)(C)C)c2)CC1=O. The fourth-order valence-electron chi connectivity index (χ4n) is 3.96. The lowest BCUT2D eigenvalue weighted by atomic mass is 10.1. The van der Waals surface area contributed by atoms with E-state index in [0.717, 1.165) is 11.1 Å². The van der Waals surface area contributed by atoms with Gasteiger partial charge in [0.15, 0.2) is 0 Å². The number of rotatable bonds is 8. The molecule has 4 amide bonds. The van der Waals surface area contributed by atoms with Crippen molar-refractivity contribution in [3.63, 3.8) is 0 Å². The molecule has 0 radical (unpaired) electrons. The van der Waals surface area contributed by atoms with Crippen molar-refractivity contribution in [3.05, 3.63) is 65.7 Å². The Bertz CT molecular complexity index is 1100. The second-order valence-electron chi connectivity index (χ2n) is 9.86. The molecule has 0 aromatic heterocycles. The molecule has 0 aliphatic carbocycles. The first-order chi connectivity index (χ1) is 17.0. The minimum Gasteiger partial charge on any atom is -0.444 e. The molecule has 9 heteroatoms. The minimum absolute atomic E-state index is 0.0313. The number of carbonyl (C=O) groups is 4. The quantitative estimate of drug-likeness (QED) is 0.520. The van der Waals surface area contributed by atoms with Gasteiger partial charge in [0.25, 0.3) is 0 Å². The van der Waals surface area contributed by atoms with E-state index in [-0.39, 0.29) is 37.4 Å². The van der Waals surface area contributed by atoms with Crippen LogP contribution in [0.15, 0.2) is 54.6 Å². The fraction of sp³-hybridized carbons (Fsp3) is 0.407. The molecule has 9 nitrogen and oxygen atoms in total. The Morgan fingerprint density at radius 1 is 1.06 bits per heavy atom. The van der Waals surface area contributed by atoms with Crippen LogP contribution in [0.2, 0.25) is 0 Å². The largest absolute Gasteiger partial charge is 0.444 e. The zero-order chi connectivity index (χ0) is 26.3. The highest BCUT2D eigenvalue weighted by Crippen LogP contribution is 2.28. The van der Waals surface area contributed by atoms with Crippen LogP contribution in [0.25, 0.3) is 0 Å². The Balaban J connectivity index is 1.47. The van der Waals surface area contributed by atoms with Crippen LogP contribution in [-0.2, 0) is 25.7 Å². The molecule has 3 N–H and O–H groups in total. The second-order valence-corrected chi connectivity index (χ2v) is 9.86. The number of benzene rings is 2. The van der Waals surface area contributed by atoms with Crippen LogP contribution < -0.4 is 16.0 Å². The molecule has 0 spiro atoms. The summed E-state index contributed by atoms with van der Waals surface area (Å²) in [5.74, 6) is -1.03. The van der Waals surface area contributed by atoms with Crippen molar-refractivity contribution in [2.24, 2.45) is 5.92 Å². The molecule has 36 heavy (non-hydrogen) atoms. The molecule has 1 aliphatic rings. The standard InChI is InChI=1S/C27H34N4O5/c1-18(20-10-6-5-7-11-20)31-17-21(14-24(31)33)25(34)28-15-19-9-8-12-22(13-19)30-23(32)16-29-26(35)36-27(2,3)4/h5-13,18,21H,14-17H2,1-4H3,(H,28,34)(H,29,35)(H,30,32). The Hall–Kier alpha value is -3.88. The summed E-state index contributed by atoms with van der Waals surface area (Å²) in [4.78, 5) is 50.9. The van der Waals surface area contributed by atoms with Crippen molar-refractivity contribution < 1.29 is 23.9 Å². The number of hydrogen-bond acceptors (Lipinski definition) is 5. The van der Waals surface area contributed by atoms with Gasteiger partial charge in [-0.3, -0.25) is 14.4 Å². The molecule has 2 aromatic rings. The first-order valence-electron chi connectivity index (χ1n) is 12.0. The van der Waals surface area contributed by atoms with Crippen molar-refractivity contribution in [3.8, 4) is 0 Å². The predicted molar refractivity (Wildman–Crippen MR) is 136 cm³/mol. The Labute approximate surface area is 211 Å². The van der Waals surface area contributed by atoms with E-state index in [1.54, 1.807) is 43.9 Å². The fourth-order valence-corrected chi connectivity index (χ4v) is 3.96. The summed E-state index contributed by atoms with van der Waals surface area (Å²) in [7, 11) is 0. The van der Waals surface area contributed by atoms with Gasteiger partial charge in [-0.25, -0.2) is 4.79 Å². The first-order valence-corrected chi connectivity index (χ1v) is 12.0. The van der Waals surface area contributed by atoms with Crippen LogP contribution in [0.3, 0.4) is 0 Å². The minimum atomic E-state index is -0.670. The summed E-state index contributed by atoms with van der Waals surface area (Å²) in [6, 6.07) is 16.7. The Morgan fingerprint density at radius 2 is 1.78 bits per heavy atom. The van der Waals surface area contributed by atoms with Gasteiger partial charge < -0.3 is 25.6 Å². The van der Waals surface area contributed by atoms with Crippen LogP contribution in [0.5, 0.6) is 0 Å². The highest BCUT2D eigenvalue weighted by molar-refractivity contribution is 5.94. The number of nitrogens with one attached hydrogen (secondary N) is 3. The molecule has 1 heterocycles. The lowest BCUT2D eigenvalue weighted by Gasteiger charge is -2.25. The number of carbonyl (C=O) groups excluding carboxylic acids is 4. The van der Waals surface area contributed by atoms with E-state index in [1.807, 2.05) is 43.3 Å². The van der Waals surface area contributed by atoms with Gasteiger partial charge in [-0.05, 0) is 51.0 Å². The molecule has 0 saturated carbocycles. The highest BCUT2D eigenvalue weighted by atomic mass is 16.6. The summed E-state index contributed by atoms with van der Waals surface area (Å²) in [6.45, 7) is 7.59. The van der Waals surface area contributed by atoms with E-state index in [0.29, 0.717) is 12.2 Å². The molecule has 192 valence electrons. The summed E-state index contributed by atoms with van der Waals surface area (Å²) in [5, 5.41) is 8.02. The van der Waals surface area contributed by atoms with Gasteiger partial charge >= 0.3 is 6.09 Å². The number of nitrogens with zero attached hydrogens (tertiary/aromatic N) is 1. The first kappa shape index (κ1) is 26.7. The summed E-state index contributed by atoms with van der Waals surface area (Å²) in [5.41, 5.74) is 1.72. The van der Waals surface area contributed by atoms with Gasteiger partial charge in [-0.2, -0.15) is 0 Å². The summed E-state index contributed by atoms with van der Waals surface area (Å²) >= 11 is 0. The molecule has 1 aliphatic heterocycles. The summed E-state index contributed by atoms with van der Waals surface area (Å²) < 4.78 is 5.11. The van der Waals surface area contributed by atoms with Crippen molar-refractivity contribution in [1.82, 2.24) is 15.5 Å². The molecule has 0 bridgehead atoms. The Morgan fingerprint density at radius 3 is 2.47 bits per heavy atom. The maximum Gasteiger partial charge on any atom is 0.408 e. The average molecular weight is 495 g/mol. The number of ether oxygens (including phenoxy) is 1.